The largest absolute Gasteiger partial charge is 0.294 e. The third-order valence-corrected chi connectivity index (χ3v) is 4.11. The van der Waals surface area contributed by atoms with Gasteiger partial charge in [-0.25, -0.2) is 0 Å². The fourth-order valence-electron chi connectivity index (χ4n) is 3.30. The predicted molar refractivity (Wildman–Crippen MR) is 62.9 cm³/mol. The number of hydrogen-bond acceptors (Lipinski definition) is 1. The van der Waals surface area contributed by atoms with E-state index in [1.54, 1.807) is 11.1 Å². The van der Waals surface area contributed by atoms with E-state index < -0.39 is 0 Å². The quantitative estimate of drug-likeness (QED) is 0.674. The molecule has 3 rings (SSSR count). The summed E-state index contributed by atoms with van der Waals surface area (Å²) in [5.74, 6) is 0. The molecule has 0 amide bonds. The van der Waals surface area contributed by atoms with Gasteiger partial charge in [0, 0.05) is 12.1 Å². The average Bonchev–Trinajstić information content (AvgIpc) is 2.83. The number of fused-ring (bicyclic) bond motifs is 1. The standard InChI is InChI=1S/C14H19N/c1-11-5-4-10-15(11)14-9-8-12-6-2-3-7-13(12)14/h2-3,6-7,11,14H,4-5,8-10H2,1H3/t11-,14?/m1/s1. The van der Waals surface area contributed by atoms with Crippen molar-refractivity contribution in [2.24, 2.45) is 0 Å². The van der Waals surface area contributed by atoms with Crippen LogP contribution in [0.25, 0.3) is 0 Å². The van der Waals surface area contributed by atoms with E-state index >= 15 is 0 Å². The molecular weight excluding hydrogens is 182 g/mol. The highest BCUT2D eigenvalue weighted by molar-refractivity contribution is 5.34. The average molecular weight is 201 g/mol. The molecule has 1 aromatic rings. The number of likely N-dealkylation sites (tertiary alicyclic amines) is 1. The van der Waals surface area contributed by atoms with Gasteiger partial charge in [0.25, 0.3) is 0 Å². The number of hydrogen-bond donors (Lipinski definition) is 0. The first kappa shape index (κ1) is 9.41. The molecule has 0 spiro atoms. The van der Waals surface area contributed by atoms with Crippen LogP contribution in [0.4, 0.5) is 0 Å². The summed E-state index contributed by atoms with van der Waals surface area (Å²) < 4.78 is 0. The van der Waals surface area contributed by atoms with Crippen LogP contribution in [0.5, 0.6) is 0 Å². The van der Waals surface area contributed by atoms with Crippen LogP contribution >= 0.6 is 0 Å². The molecule has 0 N–H and O–H groups in total. The Morgan fingerprint density at radius 3 is 2.87 bits per heavy atom. The molecule has 1 unspecified atom stereocenters. The van der Waals surface area contributed by atoms with Crippen LogP contribution in [0, 0.1) is 0 Å². The van der Waals surface area contributed by atoms with Crippen molar-refractivity contribution in [3.8, 4) is 0 Å². The molecule has 1 aromatic carbocycles. The minimum Gasteiger partial charge on any atom is -0.294 e. The monoisotopic (exact) mass is 201 g/mol. The smallest absolute Gasteiger partial charge is 0.0356 e. The minimum atomic E-state index is 0.721. The molecule has 1 aliphatic heterocycles. The lowest BCUT2D eigenvalue weighted by Crippen LogP contribution is -2.30. The first-order chi connectivity index (χ1) is 7.36. The van der Waals surface area contributed by atoms with E-state index in [2.05, 4.69) is 36.1 Å². The molecule has 1 saturated heterocycles. The van der Waals surface area contributed by atoms with Gasteiger partial charge in [0.2, 0.25) is 0 Å². The van der Waals surface area contributed by atoms with Crippen LogP contribution in [-0.4, -0.2) is 17.5 Å². The zero-order valence-corrected chi connectivity index (χ0v) is 9.45. The maximum Gasteiger partial charge on any atom is 0.0356 e. The Hall–Kier alpha value is -0.820. The van der Waals surface area contributed by atoms with E-state index in [4.69, 9.17) is 0 Å². The Labute approximate surface area is 92.1 Å². The predicted octanol–water partition coefficient (Wildman–Crippen LogP) is 3.16. The van der Waals surface area contributed by atoms with E-state index in [0.717, 1.165) is 12.1 Å². The normalized spacial score (nSPS) is 30.7. The van der Waals surface area contributed by atoms with Crippen molar-refractivity contribution >= 4 is 0 Å². The summed E-state index contributed by atoms with van der Waals surface area (Å²) in [5, 5.41) is 0. The second-order valence-corrected chi connectivity index (χ2v) is 4.98. The van der Waals surface area contributed by atoms with Gasteiger partial charge < -0.3 is 0 Å². The van der Waals surface area contributed by atoms with Gasteiger partial charge in [-0.05, 0) is 50.3 Å². The molecule has 1 heterocycles. The summed E-state index contributed by atoms with van der Waals surface area (Å²) in [6.45, 7) is 3.69. The molecule has 15 heavy (non-hydrogen) atoms. The van der Waals surface area contributed by atoms with E-state index in [1.165, 1.54) is 32.2 Å². The first-order valence-corrected chi connectivity index (χ1v) is 6.20. The van der Waals surface area contributed by atoms with Gasteiger partial charge in [-0.1, -0.05) is 24.3 Å². The summed E-state index contributed by atoms with van der Waals surface area (Å²) in [6.07, 6.45) is 5.40. The minimum absolute atomic E-state index is 0.721. The van der Waals surface area contributed by atoms with Gasteiger partial charge in [0.05, 0.1) is 0 Å². The van der Waals surface area contributed by atoms with Gasteiger partial charge in [0.1, 0.15) is 0 Å². The Kier molecular flexibility index (Phi) is 2.28. The van der Waals surface area contributed by atoms with Crippen LogP contribution in [0.2, 0.25) is 0 Å². The van der Waals surface area contributed by atoms with E-state index in [-0.39, 0.29) is 0 Å². The molecule has 1 nitrogen and oxygen atoms in total. The Morgan fingerprint density at radius 1 is 1.20 bits per heavy atom. The van der Waals surface area contributed by atoms with Crippen LogP contribution in [0.15, 0.2) is 24.3 Å². The van der Waals surface area contributed by atoms with E-state index in [0.29, 0.717) is 0 Å². The third-order valence-electron chi connectivity index (χ3n) is 4.11. The van der Waals surface area contributed by atoms with Crippen LogP contribution in [0.3, 0.4) is 0 Å². The van der Waals surface area contributed by atoms with Crippen molar-refractivity contribution < 1.29 is 0 Å². The second kappa shape index (κ2) is 3.64. The molecular formula is C14H19N. The van der Waals surface area contributed by atoms with Gasteiger partial charge in [-0.15, -0.1) is 0 Å². The van der Waals surface area contributed by atoms with Crippen LogP contribution < -0.4 is 0 Å². The lowest BCUT2D eigenvalue weighted by atomic mass is 10.1. The third kappa shape index (κ3) is 1.50. The SMILES string of the molecule is C[C@@H]1CCCN1C1CCc2ccccc21. The molecule has 2 atom stereocenters. The number of rotatable bonds is 1. The van der Waals surface area contributed by atoms with Crippen molar-refractivity contribution in [2.75, 3.05) is 6.54 Å². The summed E-state index contributed by atoms with van der Waals surface area (Å²) >= 11 is 0. The summed E-state index contributed by atoms with van der Waals surface area (Å²) in [7, 11) is 0. The summed E-state index contributed by atoms with van der Waals surface area (Å²) in [5.41, 5.74) is 3.19. The molecule has 2 aliphatic rings. The number of benzene rings is 1. The van der Waals surface area contributed by atoms with Crippen LogP contribution in [0.1, 0.15) is 43.4 Å². The van der Waals surface area contributed by atoms with Gasteiger partial charge in [-0.2, -0.15) is 0 Å². The number of nitrogens with zero attached hydrogens (tertiary/aromatic N) is 1. The van der Waals surface area contributed by atoms with Crippen molar-refractivity contribution in [1.29, 1.82) is 0 Å². The summed E-state index contributed by atoms with van der Waals surface area (Å²) in [4.78, 5) is 2.71. The molecule has 1 heteroatoms. The lowest BCUT2D eigenvalue weighted by molar-refractivity contribution is 0.190. The topological polar surface area (TPSA) is 3.24 Å². The zero-order valence-electron chi connectivity index (χ0n) is 9.45. The Morgan fingerprint density at radius 2 is 2.07 bits per heavy atom. The van der Waals surface area contributed by atoms with Gasteiger partial charge in [-0.3, -0.25) is 4.90 Å². The highest BCUT2D eigenvalue weighted by Gasteiger charge is 2.32. The molecule has 0 bridgehead atoms. The van der Waals surface area contributed by atoms with Crippen molar-refractivity contribution in [1.82, 2.24) is 4.90 Å². The van der Waals surface area contributed by atoms with E-state index in [9.17, 15) is 0 Å². The van der Waals surface area contributed by atoms with Gasteiger partial charge >= 0.3 is 0 Å². The lowest BCUT2D eigenvalue weighted by Gasteiger charge is -2.29. The van der Waals surface area contributed by atoms with Crippen molar-refractivity contribution in [3.05, 3.63) is 35.4 Å². The fraction of sp³-hybridized carbons (Fsp3) is 0.571. The van der Waals surface area contributed by atoms with E-state index in [1.807, 2.05) is 0 Å². The second-order valence-electron chi connectivity index (χ2n) is 4.98. The molecule has 0 radical (unpaired) electrons. The van der Waals surface area contributed by atoms with Gasteiger partial charge in [0.15, 0.2) is 0 Å². The molecule has 0 saturated carbocycles. The van der Waals surface area contributed by atoms with Crippen LogP contribution in [-0.2, 0) is 6.42 Å². The summed E-state index contributed by atoms with van der Waals surface area (Å²) in [6, 6.07) is 10.5. The Balaban J connectivity index is 1.90. The highest BCUT2D eigenvalue weighted by atomic mass is 15.2. The molecule has 1 fully saturated rings. The number of aryl methyl sites for hydroxylation is 1. The van der Waals surface area contributed by atoms with Crippen molar-refractivity contribution in [2.45, 2.75) is 44.7 Å². The molecule has 0 aromatic heterocycles. The fourth-order valence-corrected chi connectivity index (χ4v) is 3.30. The highest BCUT2D eigenvalue weighted by Crippen LogP contribution is 2.39. The van der Waals surface area contributed by atoms with Crippen molar-refractivity contribution in [3.63, 3.8) is 0 Å². The maximum absolute atomic E-state index is 2.71. The zero-order chi connectivity index (χ0) is 10.3. The maximum atomic E-state index is 2.71. The molecule has 1 aliphatic carbocycles. The Bertz CT molecular complexity index is 358. The first-order valence-electron chi connectivity index (χ1n) is 6.20. The molecule has 80 valence electrons.